The van der Waals surface area contributed by atoms with Gasteiger partial charge in [0.25, 0.3) is 0 Å². The fourth-order valence-electron chi connectivity index (χ4n) is 23.2. The van der Waals surface area contributed by atoms with Gasteiger partial charge in [-0.2, -0.15) is 0 Å². The normalized spacial score (nSPS) is 45.3. The van der Waals surface area contributed by atoms with E-state index >= 15 is 0 Å². The summed E-state index contributed by atoms with van der Waals surface area (Å²) in [6.45, 7) is 0.0244. The summed E-state index contributed by atoms with van der Waals surface area (Å²) in [4.78, 5) is 6.34. The molecule has 0 aliphatic heterocycles. The lowest BCUT2D eigenvalue weighted by Crippen LogP contribution is -2.53. The van der Waals surface area contributed by atoms with Gasteiger partial charge in [0.05, 0.1) is 24.4 Å². The Morgan fingerprint density at radius 2 is 0.333 bits per heavy atom. The Morgan fingerprint density at radius 1 is 0.189 bits per heavy atom. The Labute approximate surface area is 545 Å². The van der Waals surface area contributed by atoms with Crippen molar-refractivity contribution in [1.29, 1.82) is 0 Å². The molecule has 0 spiro atoms. The fourth-order valence-corrected chi connectivity index (χ4v) is 23.2. The molecular formula is C76H136N2O12. The lowest BCUT2D eigenvalue weighted by Gasteiger charge is -2.51. The van der Waals surface area contributed by atoms with E-state index in [2.05, 4.69) is 9.80 Å². The van der Waals surface area contributed by atoms with Crippen molar-refractivity contribution in [2.24, 2.45) is 107 Å². The van der Waals surface area contributed by atoms with Crippen molar-refractivity contribution in [1.82, 2.24) is 9.80 Å². The maximum Gasteiger partial charge on any atom is 0.0640 e. The van der Waals surface area contributed by atoms with Gasteiger partial charge >= 0.3 is 0 Å². The molecule has 14 nitrogen and oxygen atoms in total. The quantitative estimate of drug-likeness (QED) is 0.0366. The first-order valence-electron chi connectivity index (χ1n) is 39.0. The minimum atomic E-state index is -0.594. The molecule has 12 N–H and O–H groups in total. The van der Waals surface area contributed by atoms with Crippen LogP contribution in [-0.4, -0.2) is 185 Å². The van der Waals surface area contributed by atoms with E-state index in [0.29, 0.717) is 59.9 Å². The summed E-state index contributed by atoms with van der Waals surface area (Å²) < 4.78 is 0. The van der Waals surface area contributed by atoms with Crippen molar-refractivity contribution in [2.45, 2.75) is 317 Å². The first-order valence-corrected chi connectivity index (χ1v) is 39.0. The number of aliphatic hydroxyl groups excluding tert-OH is 12. The van der Waals surface area contributed by atoms with Crippen LogP contribution in [0.25, 0.3) is 0 Å². The highest BCUT2D eigenvalue weighted by Gasteiger charge is 2.45. The van der Waals surface area contributed by atoms with E-state index in [0.717, 1.165) is 113 Å². The monoisotopic (exact) mass is 1270 g/mol. The molecule has 0 amide bonds. The second kappa shape index (κ2) is 35.8. The summed E-state index contributed by atoms with van der Waals surface area (Å²) in [6.07, 6.45) is 45.8. The molecule has 10 aliphatic rings. The summed E-state index contributed by atoms with van der Waals surface area (Å²) in [6, 6.07) is 4.00. The predicted molar refractivity (Wildman–Crippen MR) is 355 cm³/mol. The molecule has 10 aliphatic carbocycles. The van der Waals surface area contributed by atoms with Gasteiger partial charge in [0.2, 0.25) is 0 Å². The Bertz CT molecular complexity index is 1670. The SMILES string of the molecule is OCC1CC(CCC2CCC(N(C3CCC(CCC4CC(CO)C(O)C(CO)C4)CC3)C3CCC(C4CCC(N(C5CCC(CCC6CC(CO)C(O)C(CO)C6)CC5)C5CCC(CCC6CC(CO)C(O)C(CO)C6)CC5)CC4)CC3)CC2)CC(CO)C1O. The summed E-state index contributed by atoms with van der Waals surface area (Å²) in [5.41, 5.74) is 0. The Morgan fingerprint density at radius 3 is 0.489 bits per heavy atom. The molecule has 14 heteroatoms. The predicted octanol–water partition coefficient (Wildman–Crippen LogP) is 10.0. The zero-order chi connectivity index (χ0) is 63.3. The van der Waals surface area contributed by atoms with Crippen LogP contribution in [0, 0.1) is 107 Å². The molecule has 10 saturated carbocycles. The first-order chi connectivity index (χ1) is 43.8. The van der Waals surface area contributed by atoms with Gasteiger partial charge in [-0.05, 0) is 265 Å². The van der Waals surface area contributed by atoms with Crippen LogP contribution >= 0.6 is 0 Å². The molecule has 90 heavy (non-hydrogen) atoms. The molecule has 0 radical (unpaired) electrons. The third-order valence-electron chi connectivity index (χ3n) is 28.7. The highest BCUT2D eigenvalue weighted by atomic mass is 16.3. The first kappa shape index (κ1) is 72.2. The van der Waals surface area contributed by atoms with Gasteiger partial charge in [-0.1, -0.05) is 51.4 Å². The molecule has 522 valence electrons. The zero-order valence-electron chi connectivity index (χ0n) is 56.4. The molecule has 8 unspecified atom stereocenters. The summed E-state index contributed by atoms with van der Waals surface area (Å²) in [5.74, 6) is 5.60. The van der Waals surface area contributed by atoms with Crippen LogP contribution in [0.2, 0.25) is 0 Å². The average Bonchev–Trinajstić information content (AvgIpc) is 1.47. The third-order valence-corrected chi connectivity index (χ3v) is 28.7. The van der Waals surface area contributed by atoms with E-state index in [1.165, 1.54) is 180 Å². The highest BCUT2D eigenvalue weighted by molar-refractivity contribution is 4.99. The maximum atomic E-state index is 10.7. The fraction of sp³-hybridized carbons (Fsp3) is 1.00. The van der Waals surface area contributed by atoms with Crippen LogP contribution in [0.4, 0.5) is 0 Å². The molecule has 8 atom stereocenters. The van der Waals surface area contributed by atoms with E-state index in [1.807, 2.05) is 0 Å². The smallest absolute Gasteiger partial charge is 0.0640 e. The van der Waals surface area contributed by atoms with Gasteiger partial charge in [0.1, 0.15) is 0 Å². The number of hydrogen-bond acceptors (Lipinski definition) is 14. The zero-order valence-corrected chi connectivity index (χ0v) is 56.4. The third kappa shape index (κ3) is 18.6. The van der Waals surface area contributed by atoms with E-state index < -0.39 is 24.4 Å². The van der Waals surface area contributed by atoms with Gasteiger partial charge in [-0.25, -0.2) is 0 Å². The average molecular weight is 1270 g/mol. The Kier molecular flexibility index (Phi) is 28.7. The Hall–Kier alpha value is -0.560. The van der Waals surface area contributed by atoms with E-state index in [9.17, 15) is 61.3 Å². The van der Waals surface area contributed by atoms with Gasteiger partial charge < -0.3 is 61.3 Å². The molecule has 0 aromatic heterocycles. The van der Waals surface area contributed by atoms with Crippen LogP contribution in [0.5, 0.6) is 0 Å². The largest absolute Gasteiger partial charge is 0.396 e. The molecule has 0 saturated heterocycles. The Balaban J connectivity index is 0.738. The number of rotatable bonds is 27. The van der Waals surface area contributed by atoms with Gasteiger partial charge in [-0.3, -0.25) is 9.80 Å². The lowest BCUT2D eigenvalue weighted by molar-refractivity contribution is -0.0473. The second-order valence-electron chi connectivity index (χ2n) is 33.9. The standard InChI is InChI=1S/C76H136N2O12/c79-41-59-33-53(34-60(42-80)73(59)87)5-1-49-9-21-67(22-10-49)77(68-23-11-50(12-24-68)2-6-54-35-61(43-81)74(88)62(36-54)44-82)71-29-17-57(18-30-71)58-19-31-72(32-20-58)78(69-25-13-51(14-26-69)3-7-55-37-63(45-83)75(89)64(38-55)46-84)70-27-15-52(16-28-70)4-8-56-39-65(47-85)76(90)66(40-56)48-86/h49-76,79-90H,1-48H2. The lowest BCUT2D eigenvalue weighted by atomic mass is 9.69. The van der Waals surface area contributed by atoms with Crippen molar-refractivity contribution in [3.63, 3.8) is 0 Å². The van der Waals surface area contributed by atoms with Gasteiger partial charge in [0.15, 0.2) is 0 Å². The van der Waals surface area contributed by atoms with Crippen molar-refractivity contribution >= 4 is 0 Å². The van der Waals surface area contributed by atoms with Crippen LogP contribution in [-0.2, 0) is 0 Å². The van der Waals surface area contributed by atoms with Crippen molar-refractivity contribution in [3.05, 3.63) is 0 Å². The molecule has 0 aromatic rings. The van der Waals surface area contributed by atoms with Crippen molar-refractivity contribution in [2.75, 3.05) is 52.9 Å². The molecule has 10 fully saturated rings. The summed E-state index contributed by atoms with van der Waals surface area (Å²) in [7, 11) is 0. The minimum Gasteiger partial charge on any atom is -0.396 e. The highest BCUT2D eigenvalue weighted by Crippen LogP contribution is 2.49. The molecular weight excluding hydrogens is 1130 g/mol. The van der Waals surface area contributed by atoms with Crippen LogP contribution in [0.1, 0.15) is 257 Å². The topological polar surface area (TPSA) is 249 Å². The van der Waals surface area contributed by atoms with E-state index in [4.69, 9.17) is 0 Å². The molecule has 0 bridgehead atoms. The minimum absolute atomic E-state index is 0.00306. The van der Waals surface area contributed by atoms with Crippen molar-refractivity contribution < 1.29 is 61.3 Å². The second-order valence-corrected chi connectivity index (χ2v) is 33.9. The van der Waals surface area contributed by atoms with Crippen LogP contribution in [0.15, 0.2) is 0 Å². The van der Waals surface area contributed by atoms with Crippen molar-refractivity contribution in [3.8, 4) is 0 Å². The molecule has 0 heterocycles. The number of hydrogen-bond donors (Lipinski definition) is 12. The van der Waals surface area contributed by atoms with E-state index in [-0.39, 0.29) is 100 Å². The number of nitrogens with zero attached hydrogens (tertiary/aromatic N) is 2. The molecule has 0 aromatic carbocycles. The van der Waals surface area contributed by atoms with Gasteiger partial charge in [0, 0.05) is 136 Å². The maximum absolute atomic E-state index is 10.7. The summed E-state index contributed by atoms with van der Waals surface area (Å²) in [5, 5.41) is 124. The summed E-state index contributed by atoms with van der Waals surface area (Å²) >= 11 is 0. The van der Waals surface area contributed by atoms with Gasteiger partial charge in [-0.15, -0.1) is 0 Å². The number of aliphatic hydroxyl groups is 12. The van der Waals surface area contributed by atoms with Crippen LogP contribution in [0.3, 0.4) is 0 Å². The van der Waals surface area contributed by atoms with Crippen LogP contribution < -0.4 is 0 Å². The van der Waals surface area contributed by atoms with E-state index in [1.54, 1.807) is 0 Å². The molecule has 10 rings (SSSR count).